The van der Waals surface area contributed by atoms with Crippen LogP contribution in [0.2, 0.25) is 0 Å². The molecule has 0 bridgehead atoms. The SMILES string of the molecule is [2H]c1c([2H])c([2H])c(-c2cccc([Si](c3c([2H])c([2H])c([2H])c([2H])c3[2H])(c3c([2H])c([2H])c([2H])c([2H])c3[2H])c3c([2H])c([2H])c([2H])c([2H])c3[2H])c2-[n+]2[c-]n(-c3[c-]c(Oc4[c-]c5c(cc4)c4ccccc4n5-c4cc(C(C)(C)C)ccn4)ccc3)c3cc(-c4c(C([2H])([2H])[2H])cccc4C([2H])([2H])[2H])ccc32)c([2H])c1[2H].[Pt]. The first kappa shape index (κ1) is 29.3. The van der Waals surface area contributed by atoms with E-state index in [2.05, 4.69) is 39.2 Å². The second kappa shape index (κ2) is 20.9. The average molecular weight is 1240 g/mol. The zero-order valence-corrected chi connectivity index (χ0v) is 45.4. The molecule has 13 aromatic rings. The van der Waals surface area contributed by atoms with E-state index in [0.29, 0.717) is 11.3 Å². The Morgan fingerprint density at radius 3 is 1.89 bits per heavy atom. The van der Waals surface area contributed by atoms with E-state index in [1.165, 1.54) is 69.8 Å². The zero-order valence-electron chi connectivity index (χ0n) is 68.1. The molecule has 3 aromatic heterocycles. The molecule has 0 radical (unpaired) electrons. The van der Waals surface area contributed by atoms with Gasteiger partial charge in [-0.15, -0.1) is 29.7 Å². The van der Waals surface area contributed by atoms with Crippen LogP contribution in [0.5, 0.6) is 11.5 Å². The number of fused-ring (bicyclic) bond motifs is 4. The fourth-order valence-corrected chi connectivity index (χ4v) is 14.2. The van der Waals surface area contributed by atoms with Gasteiger partial charge in [-0.3, -0.25) is 4.57 Å². The Balaban J connectivity index is 0.0000104. The van der Waals surface area contributed by atoms with E-state index < -0.39 is 180 Å². The minimum Gasteiger partial charge on any atom is -0.510 e. The average Bonchev–Trinajstić information content (AvgIpc) is 0.959. The van der Waals surface area contributed by atoms with Crippen molar-refractivity contribution in [2.75, 3.05) is 0 Å². The van der Waals surface area contributed by atoms with Crippen molar-refractivity contribution in [3.63, 3.8) is 0 Å². The van der Waals surface area contributed by atoms with Gasteiger partial charge in [0, 0.05) is 52.5 Å². The number of hydrogen-bond donors (Lipinski definition) is 0. The topological polar surface area (TPSA) is 35.9 Å². The molecule has 0 spiro atoms. The van der Waals surface area contributed by atoms with E-state index in [1.807, 2.05) is 47.0 Å². The summed E-state index contributed by atoms with van der Waals surface area (Å²) in [6.07, 6.45) is 5.02. The molecule has 3 heterocycles. The molecule has 5 nitrogen and oxygen atoms in total. The molecule has 0 aliphatic rings. The van der Waals surface area contributed by atoms with E-state index >= 15 is 0 Å². The Labute approximate surface area is 514 Å². The predicted octanol–water partition coefficient (Wildman–Crippen LogP) is 14.2. The summed E-state index contributed by atoms with van der Waals surface area (Å²) in [4.78, 5) is 4.80. The van der Waals surface area contributed by atoms with Crippen molar-refractivity contribution in [2.45, 2.75) is 39.9 Å². The monoisotopic (exact) mass is 1240 g/mol. The molecule has 79 heavy (non-hydrogen) atoms. The molecular formula is C72H56N4OPtSi-2. The Hall–Kier alpha value is -8.67. The quantitative estimate of drug-likeness (QED) is 0.0560. The number of aryl methyl sites for hydroxylation is 2. The molecular weight excluding hydrogens is 1160 g/mol. The molecule has 0 atom stereocenters. The van der Waals surface area contributed by atoms with Crippen molar-refractivity contribution >= 4 is 61.7 Å². The second-order valence-electron chi connectivity index (χ2n) is 19.2. The van der Waals surface area contributed by atoms with Crippen LogP contribution in [0.3, 0.4) is 0 Å². The molecule has 0 aliphatic carbocycles. The molecule has 0 amide bonds. The van der Waals surface area contributed by atoms with Crippen LogP contribution < -0.4 is 30.1 Å². The number of aromatic nitrogens is 4. The van der Waals surface area contributed by atoms with E-state index in [-0.39, 0.29) is 77.0 Å². The van der Waals surface area contributed by atoms with Crippen molar-refractivity contribution in [3.8, 4) is 50.9 Å². The molecule has 0 fully saturated rings. The van der Waals surface area contributed by atoms with Crippen LogP contribution in [0, 0.1) is 32.2 Å². The van der Waals surface area contributed by atoms with Crippen LogP contribution in [-0.4, -0.2) is 22.2 Å². The first-order valence-electron chi connectivity index (χ1n) is 37.6. The van der Waals surface area contributed by atoms with Crippen molar-refractivity contribution in [2.24, 2.45) is 0 Å². The number of imidazole rings is 1. The Kier molecular flexibility index (Phi) is 7.78. The number of rotatable bonds is 11. The van der Waals surface area contributed by atoms with Gasteiger partial charge >= 0.3 is 0 Å². The van der Waals surface area contributed by atoms with Crippen LogP contribution in [0.1, 0.15) is 73.1 Å². The third kappa shape index (κ3) is 9.05. The van der Waals surface area contributed by atoms with Gasteiger partial charge in [-0.05, 0) is 114 Å². The summed E-state index contributed by atoms with van der Waals surface area (Å²) in [6.45, 7) is 0.359. The first-order valence-corrected chi connectivity index (χ1v) is 26.6. The van der Waals surface area contributed by atoms with Crippen molar-refractivity contribution < 1.29 is 66.0 Å². The van der Waals surface area contributed by atoms with E-state index in [1.54, 1.807) is 24.4 Å². The summed E-state index contributed by atoms with van der Waals surface area (Å²) < 4.78 is 252. The van der Waals surface area contributed by atoms with Gasteiger partial charge in [0.2, 0.25) is 0 Å². The molecule has 13 rings (SSSR count). The molecule has 7 heteroatoms. The number of hydrogen-bond acceptors (Lipinski definition) is 2. The molecule has 0 saturated carbocycles. The van der Waals surface area contributed by atoms with E-state index in [0.717, 1.165) is 21.9 Å². The third-order valence-electron chi connectivity index (χ3n) is 13.7. The van der Waals surface area contributed by atoms with E-state index in [4.69, 9.17) is 26.2 Å². The van der Waals surface area contributed by atoms with Crippen molar-refractivity contribution in [3.05, 3.63) is 284 Å². The first-order chi connectivity index (χ1) is 48.8. The number of pyridine rings is 1. The molecule has 0 unspecified atom stereocenters. The summed E-state index contributed by atoms with van der Waals surface area (Å²) in [6, 6.07) is 17.6. The molecule has 0 saturated heterocycles. The minimum absolute atomic E-state index is 0. The molecule has 0 aliphatic heterocycles. The summed E-state index contributed by atoms with van der Waals surface area (Å²) in [5.74, 6) is 0.816. The van der Waals surface area contributed by atoms with Crippen LogP contribution in [0.4, 0.5) is 0 Å². The standard InChI is InChI=1S/C72H56N4OSi.Pt/c1-50-23-20-24-51(2)70(50)53-39-42-65-67(45-53)74(55-27-21-28-56(47-55)77-57-40-41-63-62-35-18-19-37-64(62)76(66(63)48-57)69-46-54(43-44-73-69)72(3,4)5)49-75(65)71-61(52-25-10-6-11-26-52)36-22-38-68(71)78(58-29-12-7-13-30-58,59-31-14-8-15-32-59)60-33-16-9-17-34-60;/h6-46H,1-5H3;/q-2;/i1D3,2D3,6D,7D,8D,9D,10D,11D,12D,13D,14D,15D,16D,17D,25D,26D,29D,30D,31D,32D,33D,34D;. The smallest absolute Gasteiger partial charge is 0.268 e. The Morgan fingerprint density at radius 1 is 0.582 bits per heavy atom. The largest absolute Gasteiger partial charge is 0.510 e. The van der Waals surface area contributed by atoms with Crippen molar-refractivity contribution in [1.82, 2.24) is 14.1 Å². The predicted molar refractivity (Wildman–Crippen MR) is 323 cm³/mol. The number of nitrogens with zero attached hydrogens (tertiary/aromatic N) is 4. The maximum Gasteiger partial charge on any atom is 0.268 e. The number of para-hydroxylation sites is 2. The van der Waals surface area contributed by atoms with Crippen LogP contribution >= 0.6 is 0 Å². The summed E-state index contributed by atoms with van der Waals surface area (Å²) >= 11 is 0. The summed E-state index contributed by atoms with van der Waals surface area (Å²) in [7, 11) is -6.25. The van der Waals surface area contributed by atoms with Gasteiger partial charge < -0.3 is 13.9 Å². The van der Waals surface area contributed by atoms with Gasteiger partial charge in [-0.1, -0.05) is 214 Å². The molecule has 386 valence electrons. The summed E-state index contributed by atoms with van der Waals surface area (Å²) in [5, 5.41) is -1.62. The molecule has 0 N–H and O–H groups in total. The Morgan fingerprint density at radius 2 is 1.22 bits per heavy atom. The second-order valence-corrected chi connectivity index (χ2v) is 22.8. The third-order valence-corrected chi connectivity index (χ3v) is 17.9. The number of benzene rings is 10. The van der Waals surface area contributed by atoms with Gasteiger partial charge in [-0.25, -0.2) is 4.98 Å². The number of ether oxygens (including phenoxy) is 1. The fraction of sp³-hybridized carbons (Fsp3) is 0.0833. The zero-order chi connectivity index (χ0) is 75.4. The Bertz CT molecular complexity index is 5530. The maximum atomic E-state index is 9.98. The van der Waals surface area contributed by atoms with Crippen LogP contribution in [0.25, 0.3) is 72.3 Å². The van der Waals surface area contributed by atoms with E-state index in [9.17, 15) is 19.2 Å². The summed E-state index contributed by atoms with van der Waals surface area (Å²) in [5.41, 5.74) is -0.518. The van der Waals surface area contributed by atoms with Gasteiger partial charge in [0.1, 0.15) is 5.82 Å². The molecule has 10 aromatic carbocycles. The van der Waals surface area contributed by atoms with Gasteiger partial charge in [0.25, 0.3) is 6.33 Å². The van der Waals surface area contributed by atoms with Gasteiger partial charge in [0.05, 0.1) is 44.1 Å². The normalized spacial score (nSPS) is 16.7. The van der Waals surface area contributed by atoms with Crippen LogP contribution in [-0.2, 0) is 26.5 Å². The van der Waals surface area contributed by atoms with Crippen molar-refractivity contribution in [1.29, 1.82) is 0 Å². The maximum absolute atomic E-state index is 9.98. The fourth-order valence-electron chi connectivity index (χ4n) is 10.2. The van der Waals surface area contributed by atoms with Crippen LogP contribution in [0.15, 0.2) is 248 Å². The van der Waals surface area contributed by atoms with Gasteiger partial charge in [0.15, 0.2) is 8.07 Å². The van der Waals surface area contributed by atoms with Gasteiger partial charge in [-0.2, -0.15) is 18.2 Å². The minimum atomic E-state index is -6.25.